The van der Waals surface area contributed by atoms with E-state index in [0.717, 1.165) is 12.8 Å². The average molecular weight is 315 g/mol. The molecule has 1 aromatic rings. The maximum Gasteiger partial charge on any atom is 0.257 e. The SMILES string of the molecule is CCC(=O)c1ccc(OCC(=O)NCCC2=CCCCC2)cc1. The predicted molar refractivity (Wildman–Crippen MR) is 90.7 cm³/mol. The van der Waals surface area contributed by atoms with E-state index < -0.39 is 0 Å². The van der Waals surface area contributed by atoms with Gasteiger partial charge in [0, 0.05) is 18.5 Å². The van der Waals surface area contributed by atoms with Crippen molar-refractivity contribution in [2.75, 3.05) is 13.2 Å². The highest BCUT2D eigenvalue weighted by Crippen LogP contribution is 2.19. The lowest BCUT2D eigenvalue weighted by atomic mass is 9.97. The summed E-state index contributed by atoms with van der Waals surface area (Å²) in [5, 5.41) is 2.88. The molecule has 4 nitrogen and oxygen atoms in total. The standard InChI is InChI=1S/C19H25NO3/c1-2-18(21)16-8-10-17(11-9-16)23-14-19(22)20-13-12-15-6-4-3-5-7-15/h6,8-11H,2-5,7,12-14H2,1H3,(H,20,22). The van der Waals surface area contributed by atoms with E-state index in [1.807, 2.05) is 6.92 Å². The smallest absolute Gasteiger partial charge is 0.257 e. The zero-order valence-corrected chi connectivity index (χ0v) is 13.8. The van der Waals surface area contributed by atoms with Crippen LogP contribution < -0.4 is 10.1 Å². The number of Topliss-reactive ketones (excluding diaryl/α,β-unsaturated/α-hetero) is 1. The number of amides is 1. The van der Waals surface area contributed by atoms with Crippen LogP contribution in [0.2, 0.25) is 0 Å². The van der Waals surface area contributed by atoms with E-state index in [2.05, 4.69) is 11.4 Å². The zero-order chi connectivity index (χ0) is 16.5. The number of nitrogens with one attached hydrogen (secondary N) is 1. The summed E-state index contributed by atoms with van der Waals surface area (Å²) >= 11 is 0. The van der Waals surface area contributed by atoms with E-state index in [1.165, 1.54) is 24.8 Å². The molecular weight excluding hydrogens is 290 g/mol. The van der Waals surface area contributed by atoms with E-state index >= 15 is 0 Å². The molecule has 4 heteroatoms. The average Bonchev–Trinajstić information content (AvgIpc) is 2.60. The second-order valence-electron chi connectivity index (χ2n) is 5.80. The van der Waals surface area contributed by atoms with Gasteiger partial charge in [-0.2, -0.15) is 0 Å². The molecule has 0 unspecified atom stereocenters. The summed E-state index contributed by atoms with van der Waals surface area (Å²) in [6.07, 6.45) is 8.59. The van der Waals surface area contributed by atoms with Gasteiger partial charge in [-0.3, -0.25) is 9.59 Å². The molecular formula is C19H25NO3. The summed E-state index contributed by atoms with van der Waals surface area (Å²) in [4.78, 5) is 23.3. The maximum absolute atomic E-state index is 11.8. The van der Waals surface area contributed by atoms with E-state index in [-0.39, 0.29) is 18.3 Å². The monoisotopic (exact) mass is 315 g/mol. The Morgan fingerprint density at radius 1 is 1.17 bits per heavy atom. The summed E-state index contributed by atoms with van der Waals surface area (Å²) in [6.45, 7) is 2.50. The Morgan fingerprint density at radius 3 is 2.61 bits per heavy atom. The van der Waals surface area contributed by atoms with Crippen molar-refractivity contribution in [3.05, 3.63) is 41.5 Å². The first kappa shape index (κ1) is 17.3. The first-order valence-corrected chi connectivity index (χ1v) is 8.39. The number of hydrogen-bond donors (Lipinski definition) is 1. The van der Waals surface area contributed by atoms with Gasteiger partial charge in [0.25, 0.3) is 5.91 Å². The van der Waals surface area contributed by atoms with Crippen LogP contribution in [0.15, 0.2) is 35.9 Å². The molecule has 0 bridgehead atoms. The van der Waals surface area contributed by atoms with E-state index in [9.17, 15) is 9.59 Å². The maximum atomic E-state index is 11.8. The number of allylic oxidation sites excluding steroid dienone is 1. The zero-order valence-electron chi connectivity index (χ0n) is 13.8. The van der Waals surface area contributed by atoms with Crippen molar-refractivity contribution >= 4 is 11.7 Å². The van der Waals surface area contributed by atoms with E-state index in [0.29, 0.717) is 24.3 Å². The van der Waals surface area contributed by atoms with Crippen LogP contribution in [0.25, 0.3) is 0 Å². The normalized spacial score (nSPS) is 14.0. The molecule has 0 atom stereocenters. The Kier molecular flexibility index (Phi) is 6.85. The summed E-state index contributed by atoms with van der Waals surface area (Å²) in [5.74, 6) is 0.587. The number of ether oxygens (including phenoxy) is 1. The molecule has 0 fully saturated rings. The number of carbonyl (C=O) groups is 2. The van der Waals surface area contributed by atoms with Crippen molar-refractivity contribution in [3.63, 3.8) is 0 Å². The van der Waals surface area contributed by atoms with Gasteiger partial charge in [0.1, 0.15) is 5.75 Å². The highest BCUT2D eigenvalue weighted by molar-refractivity contribution is 5.95. The predicted octanol–water partition coefficient (Wildman–Crippen LogP) is 3.66. The van der Waals surface area contributed by atoms with E-state index in [4.69, 9.17) is 4.74 Å². The lowest BCUT2D eigenvalue weighted by Crippen LogP contribution is -2.30. The van der Waals surface area contributed by atoms with Crippen LogP contribution in [0.1, 0.15) is 55.8 Å². The van der Waals surface area contributed by atoms with Crippen LogP contribution in [0.5, 0.6) is 5.75 Å². The molecule has 1 aromatic carbocycles. The van der Waals surface area contributed by atoms with Crippen LogP contribution in [-0.2, 0) is 4.79 Å². The van der Waals surface area contributed by atoms with Gasteiger partial charge in [-0.05, 0) is 56.4 Å². The van der Waals surface area contributed by atoms with Gasteiger partial charge in [0.05, 0.1) is 0 Å². The minimum atomic E-state index is -0.116. The number of hydrogen-bond acceptors (Lipinski definition) is 3. The molecule has 2 rings (SSSR count). The largest absolute Gasteiger partial charge is 0.484 e. The van der Waals surface area contributed by atoms with Gasteiger partial charge in [-0.1, -0.05) is 18.6 Å². The van der Waals surface area contributed by atoms with Crippen LogP contribution in [0.3, 0.4) is 0 Å². The summed E-state index contributed by atoms with van der Waals surface area (Å²) < 4.78 is 5.44. The molecule has 0 spiro atoms. The third-order valence-electron chi connectivity index (χ3n) is 4.02. The van der Waals surface area contributed by atoms with Gasteiger partial charge < -0.3 is 10.1 Å². The molecule has 1 aliphatic carbocycles. The van der Waals surface area contributed by atoms with Gasteiger partial charge in [0.2, 0.25) is 0 Å². The summed E-state index contributed by atoms with van der Waals surface area (Å²) in [6, 6.07) is 6.91. The fraction of sp³-hybridized carbons (Fsp3) is 0.474. The molecule has 1 aliphatic rings. The Labute approximate surface area is 137 Å². The minimum Gasteiger partial charge on any atom is -0.484 e. The topological polar surface area (TPSA) is 55.4 Å². The summed E-state index contributed by atoms with van der Waals surface area (Å²) in [5.41, 5.74) is 2.12. The Bertz CT molecular complexity index is 560. The second-order valence-corrected chi connectivity index (χ2v) is 5.80. The Hall–Kier alpha value is -2.10. The minimum absolute atomic E-state index is 0.000118. The van der Waals surface area contributed by atoms with Crippen LogP contribution in [-0.4, -0.2) is 24.8 Å². The number of ketones is 1. The Balaban J connectivity index is 1.67. The molecule has 0 aromatic heterocycles. The molecule has 0 aliphatic heterocycles. The van der Waals surface area contributed by atoms with Crippen molar-refractivity contribution in [2.24, 2.45) is 0 Å². The molecule has 23 heavy (non-hydrogen) atoms. The quantitative estimate of drug-likeness (QED) is 0.588. The lowest BCUT2D eigenvalue weighted by Gasteiger charge is -2.13. The molecule has 0 saturated heterocycles. The number of rotatable bonds is 8. The van der Waals surface area contributed by atoms with Gasteiger partial charge in [0.15, 0.2) is 12.4 Å². The lowest BCUT2D eigenvalue weighted by molar-refractivity contribution is -0.123. The number of carbonyl (C=O) groups excluding carboxylic acids is 2. The highest BCUT2D eigenvalue weighted by atomic mass is 16.5. The van der Waals surface area contributed by atoms with E-state index in [1.54, 1.807) is 24.3 Å². The van der Waals surface area contributed by atoms with Crippen LogP contribution in [0.4, 0.5) is 0 Å². The molecule has 124 valence electrons. The molecule has 0 radical (unpaired) electrons. The van der Waals surface area contributed by atoms with Crippen LogP contribution >= 0.6 is 0 Å². The molecule has 0 heterocycles. The first-order valence-electron chi connectivity index (χ1n) is 8.39. The van der Waals surface area contributed by atoms with Crippen LogP contribution in [0, 0.1) is 0 Å². The second kappa shape index (κ2) is 9.13. The van der Waals surface area contributed by atoms with Gasteiger partial charge >= 0.3 is 0 Å². The first-order chi connectivity index (χ1) is 11.2. The van der Waals surface area contributed by atoms with Crippen molar-refractivity contribution < 1.29 is 14.3 Å². The third kappa shape index (κ3) is 5.89. The van der Waals surface area contributed by atoms with Gasteiger partial charge in [-0.15, -0.1) is 0 Å². The molecule has 1 N–H and O–H groups in total. The van der Waals surface area contributed by atoms with Crippen molar-refractivity contribution in [3.8, 4) is 5.75 Å². The number of benzene rings is 1. The fourth-order valence-corrected chi connectivity index (χ4v) is 2.64. The summed E-state index contributed by atoms with van der Waals surface area (Å²) in [7, 11) is 0. The Morgan fingerprint density at radius 2 is 1.96 bits per heavy atom. The van der Waals surface area contributed by atoms with Gasteiger partial charge in [-0.25, -0.2) is 0 Å². The highest BCUT2D eigenvalue weighted by Gasteiger charge is 2.07. The molecule has 0 saturated carbocycles. The molecule has 1 amide bonds. The van der Waals surface area contributed by atoms with Crippen molar-refractivity contribution in [1.82, 2.24) is 5.32 Å². The third-order valence-corrected chi connectivity index (χ3v) is 4.02. The fourth-order valence-electron chi connectivity index (χ4n) is 2.64. The van der Waals surface area contributed by atoms with Crippen molar-refractivity contribution in [1.29, 1.82) is 0 Å². The van der Waals surface area contributed by atoms with Crippen molar-refractivity contribution in [2.45, 2.75) is 45.4 Å².